The van der Waals surface area contributed by atoms with Crippen molar-refractivity contribution in [3.8, 4) is 0 Å². The minimum atomic E-state index is -4.21. The maximum atomic E-state index is 11.9. The van der Waals surface area contributed by atoms with Crippen LogP contribution in [0.5, 0.6) is 0 Å². The van der Waals surface area contributed by atoms with Gasteiger partial charge < -0.3 is 10.1 Å². The smallest absolute Gasteiger partial charge is 0.371 e. The van der Waals surface area contributed by atoms with Crippen molar-refractivity contribution in [3.05, 3.63) is 0 Å². The molecule has 1 fully saturated rings. The Balaban J connectivity index is 2.13. The molecule has 1 aliphatic heterocycles. The van der Waals surface area contributed by atoms with Gasteiger partial charge in [-0.25, -0.2) is 0 Å². The van der Waals surface area contributed by atoms with Gasteiger partial charge in [0, 0.05) is 19.1 Å². The van der Waals surface area contributed by atoms with E-state index < -0.39 is 12.8 Å². The highest BCUT2D eigenvalue weighted by Crippen LogP contribution is 2.17. The van der Waals surface area contributed by atoms with Gasteiger partial charge in [0.25, 0.3) is 0 Å². The van der Waals surface area contributed by atoms with Gasteiger partial charge in [-0.3, -0.25) is 4.90 Å². The number of alkyl halides is 3. The molecule has 0 saturated carbocycles. The molecule has 1 unspecified atom stereocenters. The Hall–Kier alpha value is -0.330. The Morgan fingerprint density at radius 3 is 2.82 bits per heavy atom. The SMILES string of the molecule is CCNCC1CCCN1CCOCC(F)(F)F. The lowest BCUT2D eigenvalue weighted by Crippen LogP contribution is -2.39. The highest BCUT2D eigenvalue weighted by molar-refractivity contribution is 4.80. The molecule has 17 heavy (non-hydrogen) atoms. The van der Waals surface area contributed by atoms with Crippen LogP contribution in [-0.2, 0) is 4.74 Å². The minimum absolute atomic E-state index is 0.155. The predicted octanol–water partition coefficient (Wildman–Crippen LogP) is 1.64. The summed E-state index contributed by atoms with van der Waals surface area (Å²) in [6.45, 7) is 4.45. The molecule has 6 heteroatoms. The molecule has 1 heterocycles. The number of hydrogen-bond donors (Lipinski definition) is 1. The summed E-state index contributed by atoms with van der Waals surface area (Å²) in [5.74, 6) is 0. The summed E-state index contributed by atoms with van der Waals surface area (Å²) in [4.78, 5) is 2.21. The molecule has 0 bridgehead atoms. The summed E-state index contributed by atoms with van der Waals surface area (Å²) in [5, 5.41) is 3.27. The van der Waals surface area contributed by atoms with Gasteiger partial charge in [0.15, 0.2) is 0 Å². The first-order valence-corrected chi connectivity index (χ1v) is 6.12. The van der Waals surface area contributed by atoms with Crippen molar-refractivity contribution in [2.24, 2.45) is 0 Å². The van der Waals surface area contributed by atoms with Crippen LogP contribution in [-0.4, -0.2) is 56.5 Å². The number of nitrogens with zero attached hydrogens (tertiary/aromatic N) is 1. The molecule has 3 nitrogen and oxygen atoms in total. The van der Waals surface area contributed by atoms with Crippen molar-refractivity contribution in [3.63, 3.8) is 0 Å². The van der Waals surface area contributed by atoms with Crippen molar-refractivity contribution in [2.45, 2.75) is 32.0 Å². The Labute approximate surface area is 100 Å². The molecule has 102 valence electrons. The van der Waals surface area contributed by atoms with Crippen molar-refractivity contribution in [2.75, 3.05) is 39.4 Å². The molecule has 0 radical (unpaired) electrons. The summed E-state index contributed by atoms with van der Waals surface area (Å²) in [6, 6.07) is 0.449. The number of halogens is 3. The van der Waals surface area contributed by atoms with Crippen molar-refractivity contribution >= 4 is 0 Å². The third kappa shape index (κ3) is 6.24. The molecule has 0 aromatic heterocycles. The fourth-order valence-electron chi connectivity index (χ4n) is 2.10. The Bertz CT molecular complexity index is 211. The Morgan fingerprint density at radius 1 is 1.41 bits per heavy atom. The molecule has 0 aliphatic carbocycles. The lowest BCUT2D eigenvalue weighted by Gasteiger charge is -2.24. The first kappa shape index (κ1) is 14.7. The van der Waals surface area contributed by atoms with E-state index in [1.807, 2.05) is 6.92 Å². The number of nitrogens with one attached hydrogen (secondary N) is 1. The summed E-state index contributed by atoms with van der Waals surface area (Å²) in [6.07, 6.45) is -1.98. The minimum Gasteiger partial charge on any atom is -0.371 e. The number of likely N-dealkylation sites (N-methyl/N-ethyl adjacent to an activating group) is 1. The summed E-state index contributed by atoms with van der Waals surface area (Å²) in [5.41, 5.74) is 0. The zero-order valence-electron chi connectivity index (χ0n) is 10.2. The molecule has 0 aromatic carbocycles. The topological polar surface area (TPSA) is 24.5 Å². The lowest BCUT2D eigenvalue weighted by atomic mass is 10.2. The highest BCUT2D eigenvalue weighted by atomic mass is 19.4. The van der Waals surface area contributed by atoms with E-state index in [9.17, 15) is 13.2 Å². The largest absolute Gasteiger partial charge is 0.411 e. The van der Waals surface area contributed by atoms with E-state index in [4.69, 9.17) is 0 Å². The van der Waals surface area contributed by atoms with Crippen LogP contribution < -0.4 is 5.32 Å². The van der Waals surface area contributed by atoms with Gasteiger partial charge in [-0.05, 0) is 25.9 Å². The zero-order chi connectivity index (χ0) is 12.7. The first-order valence-electron chi connectivity index (χ1n) is 6.12. The summed E-state index contributed by atoms with van der Waals surface area (Å²) in [7, 11) is 0. The van der Waals surface area contributed by atoms with Gasteiger partial charge in [0.1, 0.15) is 6.61 Å². The molecule has 1 aliphatic rings. The van der Waals surface area contributed by atoms with Crippen LogP contribution in [0.2, 0.25) is 0 Å². The van der Waals surface area contributed by atoms with Gasteiger partial charge >= 0.3 is 6.18 Å². The third-order valence-corrected chi connectivity index (χ3v) is 2.92. The molecule has 1 saturated heterocycles. The van der Waals surface area contributed by atoms with Crippen LogP contribution in [0.1, 0.15) is 19.8 Å². The van der Waals surface area contributed by atoms with Crippen LogP contribution in [0.4, 0.5) is 13.2 Å². The van der Waals surface area contributed by atoms with Gasteiger partial charge in [-0.1, -0.05) is 6.92 Å². The fraction of sp³-hybridized carbons (Fsp3) is 1.00. The van der Waals surface area contributed by atoms with Gasteiger partial charge in [-0.2, -0.15) is 13.2 Å². The quantitative estimate of drug-likeness (QED) is 0.699. The van der Waals surface area contributed by atoms with E-state index in [0.717, 1.165) is 32.5 Å². The average Bonchev–Trinajstić information content (AvgIpc) is 2.67. The van der Waals surface area contributed by atoms with E-state index in [1.54, 1.807) is 0 Å². The lowest BCUT2D eigenvalue weighted by molar-refractivity contribution is -0.174. The van der Waals surface area contributed by atoms with Gasteiger partial charge in [0.05, 0.1) is 6.61 Å². The van der Waals surface area contributed by atoms with Crippen LogP contribution >= 0.6 is 0 Å². The molecule has 1 rings (SSSR count). The maximum Gasteiger partial charge on any atom is 0.411 e. The molecule has 0 amide bonds. The standard InChI is InChI=1S/C11H21F3N2O/c1-2-15-8-10-4-3-5-16(10)6-7-17-9-11(12,13)14/h10,15H,2-9H2,1H3. The van der Waals surface area contributed by atoms with E-state index in [0.29, 0.717) is 12.6 Å². The second-order valence-electron chi connectivity index (χ2n) is 4.31. The maximum absolute atomic E-state index is 11.9. The number of likely N-dealkylation sites (tertiary alicyclic amines) is 1. The van der Waals surface area contributed by atoms with Crippen molar-refractivity contribution in [1.29, 1.82) is 0 Å². The summed E-state index contributed by atoms with van der Waals surface area (Å²) >= 11 is 0. The van der Waals surface area contributed by atoms with Gasteiger partial charge in [-0.15, -0.1) is 0 Å². The molecule has 1 atom stereocenters. The van der Waals surface area contributed by atoms with Crippen LogP contribution in [0, 0.1) is 0 Å². The number of ether oxygens (including phenoxy) is 1. The van der Waals surface area contributed by atoms with E-state index in [-0.39, 0.29) is 6.61 Å². The molecule has 0 aromatic rings. The van der Waals surface area contributed by atoms with Crippen molar-refractivity contribution < 1.29 is 17.9 Å². The van der Waals surface area contributed by atoms with E-state index in [1.165, 1.54) is 0 Å². The fourth-order valence-corrected chi connectivity index (χ4v) is 2.10. The zero-order valence-corrected chi connectivity index (χ0v) is 10.2. The second kappa shape index (κ2) is 7.18. The average molecular weight is 254 g/mol. The molecule has 1 N–H and O–H groups in total. The van der Waals surface area contributed by atoms with E-state index in [2.05, 4.69) is 15.0 Å². The van der Waals surface area contributed by atoms with Gasteiger partial charge in [0.2, 0.25) is 0 Å². The Morgan fingerprint density at radius 2 is 2.18 bits per heavy atom. The van der Waals surface area contributed by atoms with Crippen molar-refractivity contribution in [1.82, 2.24) is 10.2 Å². The number of rotatable bonds is 7. The van der Waals surface area contributed by atoms with Crippen LogP contribution in [0.3, 0.4) is 0 Å². The number of hydrogen-bond acceptors (Lipinski definition) is 3. The molecular formula is C11H21F3N2O. The van der Waals surface area contributed by atoms with Crippen LogP contribution in [0.25, 0.3) is 0 Å². The van der Waals surface area contributed by atoms with Crippen LogP contribution in [0.15, 0.2) is 0 Å². The second-order valence-corrected chi connectivity index (χ2v) is 4.31. The molecule has 0 spiro atoms. The van der Waals surface area contributed by atoms with E-state index >= 15 is 0 Å². The Kier molecular flexibility index (Phi) is 6.22. The third-order valence-electron chi connectivity index (χ3n) is 2.92. The first-order chi connectivity index (χ1) is 8.03. The molecular weight excluding hydrogens is 233 g/mol. The highest BCUT2D eigenvalue weighted by Gasteiger charge is 2.28. The predicted molar refractivity (Wildman–Crippen MR) is 60.0 cm³/mol. The monoisotopic (exact) mass is 254 g/mol. The summed E-state index contributed by atoms with van der Waals surface area (Å²) < 4.78 is 40.2. The normalized spacial score (nSPS) is 22.2.